The van der Waals surface area contributed by atoms with Crippen molar-refractivity contribution < 1.29 is 4.74 Å². The zero-order chi connectivity index (χ0) is 19.1. The first-order valence-electron chi connectivity index (χ1n) is 8.53. The number of nitrogens with two attached hydrogens (primary N) is 1. The first kappa shape index (κ1) is 19.5. The van der Waals surface area contributed by atoms with E-state index < -0.39 is 0 Å². The van der Waals surface area contributed by atoms with Crippen LogP contribution in [-0.2, 0) is 0 Å². The molecule has 4 nitrogen and oxygen atoms in total. The normalized spacial score (nSPS) is 24.8. The fourth-order valence-electron chi connectivity index (χ4n) is 2.82. The topological polar surface area (TPSA) is 50.9 Å². The van der Waals surface area contributed by atoms with Crippen molar-refractivity contribution in [3.8, 4) is 5.75 Å². The van der Waals surface area contributed by atoms with Crippen LogP contribution in [0.3, 0.4) is 0 Å². The number of aliphatic imine (C=N–C) groups is 1. The molecule has 2 atom stereocenters. The molecule has 0 saturated heterocycles. The van der Waals surface area contributed by atoms with Crippen LogP contribution in [0, 0.1) is 0 Å². The molecule has 0 fully saturated rings. The van der Waals surface area contributed by atoms with Crippen molar-refractivity contribution in [3.05, 3.63) is 72.5 Å². The first-order valence-corrected chi connectivity index (χ1v) is 8.53. The van der Waals surface area contributed by atoms with Crippen molar-refractivity contribution in [2.24, 2.45) is 10.7 Å². The fraction of sp³-hybridized carbons (Fsp3) is 0.227. The molecule has 0 spiro atoms. The summed E-state index contributed by atoms with van der Waals surface area (Å²) in [4.78, 5) is 6.86. The van der Waals surface area contributed by atoms with E-state index in [1.165, 1.54) is 0 Å². The van der Waals surface area contributed by atoms with Crippen LogP contribution < -0.4 is 10.5 Å². The van der Waals surface area contributed by atoms with Gasteiger partial charge in [0.2, 0.25) is 0 Å². The average molecular weight is 349 g/mol. The van der Waals surface area contributed by atoms with Crippen LogP contribution >= 0.6 is 0 Å². The summed E-state index contributed by atoms with van der Waals surface area (Å²) in [5.74, 6) is 0.686. The lowest BCUT2D eigenvalue weighted by molar-refractivity contribution is 0.355. The molecule has 1 aliphatic rings. The molecule has 0 bridgehead atoms. The van der Waals surface area contributed by atoms with Gasteiger partial charge in [-0.1, -0.05) is 55.7 Å². The second kappa shape index (κ2) is 9.02. The lowest BCUT2D eigenvalue weighted by atomic mass is 10.0. The number of rotatable bonds is 5. The zero-order valence-electron chi connectivity index (χ0n) is 15.7. The lowest BCUT2D eigenvalue weighted by Crippen LogP contribution is -2.45. The van der Waals surface area contributed by atoms with Gasteiger partial charge in [-0.2, -0.15) is 0 Å². The number of hydrogen-bond donors (Lipinski definition) is 1. The molecule has 4 heteroatoms. The minimum absolute atomic E-state index is 0.0999. The third-order valence-electron chi connectivity index (χ3n) is 4.50. The molecule has 2 unspecified atom stereocenters. The van der Waals surface area contributed by atoms with E-state index in [9.17, 15) is 0 Å². The van der Waals surface area contributed by atoms with Crippen molar-refractivity contribution in [1.29, 1.82) is 0 Å². The number of allylic oxidation sites excluding steroid dienone is 5. The zero-order valence-corrected chi connectivity index (χ0v) is 15.7. The van der Waals surface area contributed by atoms with Crippen LogP contribution in [-0.4, -0.2) is 37.4 Å². The van der Waals surface area contributed by atoms with Crippen LogP contribution in [0.15, 0.2) is 66.4 Å². The van der Waals surface area contributed by atoms with Gasteiger partial charge in [0.05, 0.1) is 13.2 Å². The second-order valence-electron chi connectivity index (χ2n) is 6.06. The van der Waals surface area contributed by atoms with E-state index in [1.54, 1.807) is 19.3 Å². The second-order valence-corrected chi connectivity index (χ2v) is 6.06. The Kier molecular flexibility index (Phi) is 6.75. The quantitative estimate of drug-likeness (QED) is 0.805. The smallest absolute Gasteiger partial charge is 0.145 e. The van der Waals surface area contributed by atoms with Crippen molar-refractivity contribution in [2.45, 2.75) is 19.0 Å². The molecule has 2 rings (SSSR count). The molecule has 1 aromatic rings. The molecular formula is C22H27N3O. The van der Waals surface area contributed by atoms with Gasteiger partial charge in [0.1, 0.15) is 11.4 Å². The standard InChI is InChI=1S/C22H27N3O/c1-6-17-13-14-21(26-5)22(18(17)7-2)24-15-20-19(23)12-10-8-9-11-16(3)25(20)4/h6-15,19-20H,1-2,23H2,3-5H3/b9-8-,12-10+,16-11+,24-15?. The summed E-state index contributed by atoms with van der Waals surface area (Å²) in [6.45, 7) is 9.83. The minimum Gasteiger partial charge on any atom is -0.494 e. The van der Waals surface area contributed by atoms with E-state index in [1.807, 2.05) is 49.7 Å². The van der Waals surface area contributed by atoms with Crippen molar-refractivity contribution >= 4 is 24.1 Å². The number of benzene rings is 1. The highest BCUT2D eigenvalue weighted by Crippen LogP contribution is 2.35. The molecule has 0 saturated carbocycles. The maximum Gasteiger partial charge on any atom is 0.145 e. The number of ether oxygens (including phenoxy) is 1. The first-order chi connectivity index (χ1) is 12.5. The Morgan fingerprint density at radius 1 is 1.19 bits per heavy atom. The molecule has 0 radical (unpaired) electrons. The number of hydrogen-bond acceptors (Lipinski definition) is 4. The van der Waals surface area contributed by atoms with Crippen LogP contribution in [0.1, 0.15) is 18.1 Å². The van der Waals surface area contributed by atoms with E-state index in [-0.39, 0.29) is 12.1 Å². The van der Waals surface area contributed by atoms with Gasteiger partial charge < -0.3 is 15.4 Å². The van der Waals surface area contributed by atoms with Gasteiger partial charge in [-0.3, -0.25) is 4.99 Å². The van der Waals surface area contributed by atoms with E-state index >= 15 is 0 Å². The third kappa shape index (κ3) is 4.21. The fourth-order valence-corrected chi connectivity index (χ4v) is 2.82. The van der Waals surface area contributed by atoms with Crippen molar-refractivity contribution in [3.63, 3.8) is 0 Å². The molecular weight excluding hydrogens is 322 g/mol. The van der Waals surface area contributed by atoms with Gasteiger partial charge in [0.25, 0.3) is 0 Å². The summed E-state index contributed by atoms with van der Waals surface area (Å²) in [5, 5.41) is 0. The molecule has 0 aromatic heterocycles. The van der Waals surface area contributed by atoms with E-state index in [0.29, 0.717) is 5.75 Å². The molecule has 0 amide bonds. The van der Waals surface area contributed by atoms with E-state index in [2.05, 4.69) is 31.1 Å². The summed E-state index contributed by atoms with van der Waals surface area (Å²) >= 11 is 0. The highest BCUT2D eigenvalue weighted by atomic mass is 16.5. The van der Waals surface area contributed by atoms with Crippen LogP contribution in [0.25, 0.3) is 12.2 Å². The monoisotopic (exact) mass is 349 g/mol. The summed E-state index contributed by atoms with van der Waals surface area (Å²) in [6.07, 6.45) is 15.4. The Hall–Kier alpha value is -2.85. The van der Waals surface area contributed by atoms with E-state index in [4.69, 9.17) is 15.5 Å². The molecule has 1 heterocycles. The molecule has 1 aliphatic heterocycles. The number of methoxy groups -OCH3 is 1. The van der Waals surface area contributed by atoms with Gasteiger partial charge >= 0.3 is 0 Å². The Labute approximate surface area is 156 Å². The average Bonchev–Trinajstić information content (AvgIpc) is 2.71. The summed E-state index contributed by atoms with van der Waals surface area (Å²) < 4.78 is 5.49. The van der Waals surface area contributed by atoms with Crippen LogP contribution in [0.4, 0.5) is 5.69 Å². The van der Waals surface area contributed by atoms with Gasteiger partial charge in [-0.05, 0) is 24.6 Å². The predicted molar refractivity (Wildman–Crippen MR) is 113 cm³/mol. The molecule has 2 N–H and O–H groups in total. The van der Waals surface area contributed by atoms with Crippen LogP contribution in [0.2, 0.25) is 0 Å². The minimum atomic E-state index is -0.199. The van der Waals surface area contributed by atoms with Crippen molar-refractivity contribution in [2.75, 3.05) is 14.2 Å². The molecule has 136 valence electrons. The van der Waals surface area contributed by atoms with Gasteiger partial charge in [-0.15, -0.1) is 0 Å². The maximum absolute atomic E-state index is 6.38. The Morgan fingerprint density at radius 3 is 2.62 bits per heavy atom. The number of likely N-dealkylation sites (N-methyl/N-ethyl adjacent to an activating group) is 1. The van der Waals surface area contributed by atoms with Gasteiger partial charge in [0.15, 0.2) is 0 Å². The number of nitrogens with zero attached hydrogens (tertiary/aromatic N) is 2. The van der Waals surface area contributed by atoms with Crippen LogP contribution in [0.5, 0.6) is 5.75 Å². The summed E-state index contributed by atoms with van der Waals surface area (Å²) in [6, 6.07) is 3.53. The Morgan fingerprint density at radius 2 is 1.96 bits per heavy atom. The summed E-state index contributed by atoms with van der Waals surface area (Å²) in [7, 11) is 3.65. The molecule has 26 heavy (non-hydrogen) atoms. The van der Waals surface area contributed by atoms with E-state index in [0.717, 1.165) is 22.5 Å². The predicted octanol–water partition coefficient (Wildman–Crippen LogP) is 4.34. The highest BCUT2D eigenvalue weighted by Gasteiger charge is 2.20. The molecule has 0 aliphatic carbocycles. The lowest BCUT2D eigenvalue weighted by Gasteiger charge is -2.30. The largest absolute Gasteiger partial charge is 0.494 e. The third-order valence-corrected chi connectivity index (χ3v) is 4.50. The maximum atomic E-state index is 6.38. The van der Waals surface area contributed by atoms with Gasteiger partial charge in [-0.25, -0.2) is 0 Å². The SMILES string of the molecule is C=Cc1ccc(OC)c(N=CC2C(N)/C=C/C=C\C=C(/C)N2C)c1C=C. The Bertz CT molecular complexity index is 787. The Balaban J connectivity index is 2.50. The van der Waals surface area contributed by atoms with Gasteiger partial charge in [0, 0.05) is 30.6 Å². The van der Waals surface area contributed by atoms with Crippen molar-refractivity contribution in [1.82, 2.24) is 4.90 Å². The summed E-state index contributed by atoms with van der Waals surface area (Å²) in [5.41, 5.74) is 10.1. The molecule has 1 aromatic carbocycles. The highest BCUT2D eigenvalue weighted by molar-refractivity contribution is 5.81.